The van der Waals surface area contributed by atoms with E-state index in [1.807, 2.05) is 0 Å². The molecule has 60 valence electrons. The fourth-order valence-electron chi connectivity index (χ4n) is 1.50. The van der Waals surface area contributed by atoms with E-state index >= 15 is 0 Å². The molecular formula is C8H15IO. The number of hydrogen-bond donors (Lipinski definition) is 0. The highest BCUT2D eigenvalue weighted by Crippen LogP contribution is 2.41. The summed E-state index contributed by atoms with van der Waals surface area (Å²) in [5.41, 5.74) is 0.166. The maximum atomic E-state index is 5.84. The van der Waals surface area contributed by atoms with Crippen molar-refractivity contribution >= 4 is 22.6 Å². The molecule has 0 bridgehead atoms. The lowest BCUT2D eigenvalue weighted by molar-refractivity contribution is -0.0623. The van der Waals surface area contributed by atoms with Crippen LogP contribution in [0, 0.1) is 0 Å². The maximum absolute atomic E-state index is 5.84. The number of alkyl halides is 1. The van der Waals surface area contributed by atoms with Crippen LogP contribution in [0.4, 0.5) is 0 Å². The predicted molar refractivity (Wildman–Crippen MR) is 51.7 cm³/mol. The fourth-order valence-corrected chi connectivity index (χ4v) is 2.68. The van der Waals surface area contributed by atoms with Crippen molar-refractivity contribution in [2.24, 2.45) is 0 Å². The van der Waals surface area contributed by atoms with Gasteiger partial charge < -0.3 is 4.74 Å². The molecule has 1 aliphatic heterocycles. The first-order valence-electron chi connectivity index (χ1n) is 3.68. The van der Waals surface area contributed by atoms with E-state index in [9.17, 15) is 0 Å². The van der Waals surface area contributed by atoms with Gasteiger partial charge in [0, 0.05) is 3.92 Å². The molecule has 1 rings (SSSR count). The van der Waals surface area contributed by atoms with Gasteiger partial charge in [-0.05, 0) is 34.1 Å². The molecule has 0 aliphatic carbocycles. The predicted octanol–water partition coefficient (Wildman–Crippen LogP) is 2.77. The zero-order valence-corrected chi connectivity index (χ0v) is 9.23. The van der Waals surface area contributed by atoms with Crippen LogP contribution in [0.5, 0.6) is 0 Å². The second-order valence-electron chi connectivity index (χ2n) is 4.14. The molecule has 2 heteroatoms. The zero-order chi connectivity index (χ0) is 7.99. The summed E-state index contributed by atoms with van der Waals surface area (Å²) in [4.78, 5) is 0. The van der Waals surface area contributed by atoms with Crippen LogP contribution in [0.15, 0.2) is 0 Å². The van der Waals surface area contributed by atoms with Gasteiger partial charge in [-0.25, -0.2) is 0 Å². The van der Waals surface area contributed by atoms with Gasteiger partial charge in [-0.15, -0.1) is 0 Å². The monoisotopic (exact) mass is 254 g/mol. The summed E-state index contributed by atoms with van der Waals surface area (Å²) in [6.07, 6.45) is 1.17. The van der Waals surface area contributed by atoms with Gasteiger partial charge in [-0.2, -0.15) is 0 Å². The molecule has 0 spiro atoms. The van der Waals surface area contributed by atoms with Gasteiger partial charge in [0.1, 0.15) is 0 Å². The van der Waals surface area contributed by atoms with Gasteiger partial charge in [-0.1, -0.05) is 22.6 Å². The van der Waals surface area contributed by atoms with Crippen LogP contribution < -0.4 is 0 Å². The summed E-state index contributed by atoms with van der Waals surface area (Å²) in [5, 5.41) is 0. The van der Waals surface area contributed by atoms with E-state index in [-0.39, 0.29) is 11.2 Å². The first kappa shape index (κ1) is 8.78. The summed E-state index contributed by atoms with van der Waals surface area (Å²) in [5.74, 6) is 0. The smallest absolute Gasteiger partial charge is 0.0751 e. The fraction of sp³-hybridized carbons (Fsp3) is 1.00. The zero-order valence-electron chi connectivity index (χ0n) is 7.07. The average molecular weight is 254 g/mol. The SMILES string of the molecule is CC1(C)CC(I)C(C)(C)O1. The van der Waals surface area contributed by atoms with Gasteiger partial charge in [0.05, 0.1) is 11.2 Å². The van der Waals surface area contributed by atoms with E-state index in [2.05, 4.69) is 50.3 Å². The van der Waals surface area contributed by atoms with E-state index in [1.54, 1.807) is 0 Å². The Hall–Kier alpha value is 0.690. The molecular weight excluding hydrogens is 239 g/mol. The van der Waals surface area contributed by atoms with Crippen molar-refractivity contribution in [3.05, 3.63) is 0 Å². The first-order chi connectivity index (χ1) is 4.33. The van der Waals surface area contributed by atoms with Crippen LogP contribution in [0.1, 0.15) is 34.1 Å². The molecule has 1 atom stereocenters. The van der Waals surface area contributed by atoms with E-state index < -0.39 is 0 Å². The Balaban J connectivity index is 2.71. The number of hydrogen-bond acceptors (Lipinski definition) is 1. The summed E-state index contributed by atoms with van der Waals surface area (Å²) < 4.78 is 6.49. The third-order valence-corrected chi connectivity index (χ3v) is 3.90. The van der Waals surface area contributed by atoms with Crippen molar-refractivity contribution in [2.75, 3.05) is 0 Å². The molecule has 1 heterocycles. The Morgan fingerprint density at radius 2 is 1.80 bits per heavy atom. The summed E-state index contributed by atoms with van der Waals surface area (Å²) in [6.45, 7) is 8.65. The lowest BCUT2D eigenvalue weighted by atomic mass is 10.0. The Labute approximate surface area is 76.7 Å². The van der Waals surface area contributed by atoms with Crippen LogP contribution in [-0.4, -0.2) is 15.1 Å². The minimum Gasteiger partial charge on any atom is -0.369 e. The van der Waals surface area contributed by atoms with Crippen LogP contribution >= 0.6 is 22.6 Å². The van der Waals surface area contributed by atoms with E-state index in [0.29, 0.717) is 3.92 Å². The molecule has 1 saturated heterocycles. The highest BCUT2D eigenvalue weighted by atomic mass is 127. The molecule has 0 radical (unpaired) electrons. The molecule has 1 aliphatic rings. The van der Waals surface area contributed by atoms with Gasteiger partial charge in [-0.3, -0.25) is 0 Å². The minimum atomic E-state index is 0.0735. The highest BCUT2D eigenvalue weighted by Gasteiger charge is 2.44. The standard InChI is InChI=1S/C8H15IO/c1-7(2)5-6(9)8(3,4)10-7/h6H,5H2,1-4H3. The van der Waals surface area contributed by atoms with Gasteiger partial charge in [0.2, 0.25) is 0 Å². The molecule has 0 saturated carbocycles. The first-order valence-corrected chi connectivity index (χ1v) is 4.92. The molecule has 1 unspecified atom stereocenters. The Morgan fingerprint density at radius 1 is 1.30 bits per heavy atom. The van der Waals surface area contributed by atoms with Gasteiger partial charge in [0.15, 0.2) is 0 Å². The van der Waals surface area contributed by atoms with Crippen LogP contribution in [0.2, 0.25) is 0 Å². The largest absolute Gasteiger partial charge is 0.369 e. The molecule has 1 nitrogen and oxygen atoms in total. The third kappa shape index (κ3) is 1.64. The maximum Gasteiger partial charge on any atom is 0.0751 e. The van der Waals surface area contributed by atoms with Gasteiger partial charge in [0.25, 0.3) is 0 Å². The molecule has 1 fully saturated rings. The Kier molecular flexibility index (Phi) is 2.05. The minimum absolute atomic E-state index is 0.0735. The van der Waals surface area contributed by atoms with Crippen molar-refractivity contribution in [1.29, 1.82) is 0 Å². The van der Waals surface area contributed by atoms with E-state index in [4.69, 9.17) is 4.74 Å². The highest BCUT2D eigenvalue weighted by molar-refractivity contribution is 14.1. The van der Waals surface area contributed by atoms with Crippen molar-refractivity contribution in [1.82, 2.24) is 0 Å². The molecule has 0 aromatic rings. The molecule has 0 aromatic heterocycles. The van der Waals surface area contributed by atoms with Crippen LogP contribution in [-0.2, 0) is 4.74 Å². The second-order valence-corrected chi connectivity index (χ2v) is 5.64. The van der Waals surface area contributed by atoms with Crippen molar-refractivity contribution in [3.8, 4) is 0 Å². The van der Waals surface area contributed by atoms with Crippen molar-refractivity contribution < 1.29 is 4.74 Å². The lowest BCUT2D eigenvalue weighted by Crippen LogP contribution is -2.29. The molecule has 0 N–H and O–H groups in total. The van der Waals surface area contributed by atoms with Crippen molar-refractivity contribution in [2.45, 2.75) is 49.2 Å². The number of ether oxygens (including phenoxy) is 1. The summed E-state index contributed by atoms with van der Waals surface area (Å²) in [7, 11) is 0. The molecule has 0 aromatic carbocycles. The second kappa shape index (κ2) is 2.34. The molecule has 0 amide bonds. The summed E-state index contributed by atoms with van der Waals surface area (Å²) in [6, 6.07) is 0. The van der Waals surface area contributed by atoms with E-state index in [1.165, 1.54) is 6.42 Å². The normalized spacial score (nSPS) is 36.3. The van der Waals surface area contributed by atoms with Gasteiger partial charge >= 0.3 is 0 Å². The Morgan fingerprint density at radius 3 is 1.90 bits per heavy atom. The molecule has 10 heavy (non-hydrogen) atoms. The topological polar surface area (TPSA) is 9.23 Å². The van der Waals surface area contributed by atoms with Crippen LogP contribution in [0.25, 0.3) is 0 Å². The van der Waals surface area contributed by atoms with Crippen LogP contribution in [0.3, 0.4) is 0 Å². The quantitative estimate of drug-likeness (QED) is 0.477. The van der Waals surface area contributed by atoms with Crippen molar-refractivity contribution in [3.63, 3.8) is 0 Å². The van der Waals surface area contributed by atoms with E-state index in [0.717, 1.165) is 0 Å². The number of rotatable bonds is 0. The third-order valence-electron chi connectivity index (χ3n) is 1.96. The number of halogens is 1. The Bertz CT molecular complexity index is 140. The average Bonchev–Trinajstić information content (AvgIpc) is 1.73. The summed E-state index contributed by atoms with van der Waals surface area (Å²) >= 11 is 2.47. The lowest BCUT2D eigenvalue weighted by Gasteiger charge is -2.24.